The standard InChI is InChI=1S/C29H35N3O/c1-23(24-10-5-4-6-11-24)22-32-18-15-29(16-19-32,28(33)31(2)3)20-25-12-7-8-14-27(25)26-13-9-17-30-21-26/h4-14,17,21,23H,15-16,18-20,22H2,1-3H3/t23-/m0/s1. The summed E-state index contributed by atoms with van der Waals surface area (Å²) in [6, 6.07) is 23.3. The van der Waals surface area contributed by atoms with Gasteiger partial charge in [-0.15, -0.1) is 0 Å². The van der Waals surface area contributed by atoms with Crippen LogP contribution in [0.5, 0.6) is 0 Å². The number of rotatable bonds is 7. The summed E-state index contributed by atoms with van der Waals surface area (Å²) >= 11 is 0. The molecular formula is C29H35N3O. The van der Waals surface area contributed by atoms with E-state index in [1.165, 1.54) is 16.7 Å². The molecule has 172 valence electrons. The minimum absolute atomic E-state index is 0.249. The summed E-state index contributed by atoms with van der Waals surface area (Å²) in [5, 5.41) is 0. The Balaban J connectivity index is 1.53. The number of pyridine rings is 1. The Morgan fingerprint density at radius 2 is 1.70 bits per heavy atom. The Morgan fingerprint density at radius 3 is 2.36 bits per heavy atom. The molecule has 1 aliphatic rings. The predicted molar refractivity (Wildman–Crippen MR) is 135 cm³/mol. The molecule has 0 saturated carbocycles. The molecule has 1 aromatic heterocycles. The molecule has 1 aliphatic heterocycles. The number of carbonyl (C=O) groups excluding carboxylic acids is 1. The molecule has 0 unspecified atom stereocenters. The number of amides is 1. The summed E-state index contributed by atoms with van der Waals surface area (Å²) in [5.74, 6) is 0.730. The third-order valence-electron chi connectivity index (χ3n) is 7.09. The molecule has 2 heterocycles. The molecule has 2 aromatic carbocycles. The van der Waals surface area contributed by atoms with Gasteiger partial charge in [0.05, 0.1) is 5.41 Å². The van der Waals surface area contributed by atoms with Crippen LogP contribution in [0.4, 0.5) is 0 Å². The van der Waals surface area contributed by atoms with E-state index in [2.05, 4.69) is 77.5 Å². The first-order valence-corrected chi connectivity index (χ1v) is 12.0. The average molecular weight is 442 g/mol. The number of carbonyl (C=O) groups is 1. The first kappa shape index (κ1) is 23.2. The lowest BCUT2D eigenvalue weighted by atomic mass is 9.71. The maximum Gasteiger partial charge on any atom is 0.228 e. The van der Waals surface area contributed by atoms with Crippen LogP contribution in [0.2, 0.25) is 0 Å². The molecule has 3 aromatic rings. The van der Waals surface area contributed by atoms with Crippen LogP contribution < -0.4 is 0 Å². The summed E-state index contributed by atoms with van der Waals surface area (Å²) in [5.41, 5.74) is 4.52. The molecule has 4 rings (SSSR count). The Bertz CT molecular complexity index is 1040. The number of hydrogen-bond acceptors (Lipinski definition) is 3. The smallest absolute Gasteiger partial charge is 0.228 e. The van der Waals surface area contributed by atoms with E-state index >= 15 is 0 Å². The molecule has 4 nitrogen and oxygen atoms in total. The molecule has 1 amide bonds. The molecular weight excluding hydrogens is 406 g/mol. The van der Waals surface area contributed by atoms with Gasteiger partial charge < -0.3 is 9.80 Å². The topological polar surface area (TPSA) is 36.4 Å². The van der Waals surface area contributed by atoms with Gasteiger partial charge in [-0.2, -0.15) is 0 Å². The van der Waals surface area contributed by atoms with Gasteiger partial charge in [0.1, 0.15) is 0 Å². The van der Waals surface area contributed by atoms with Crippen LogP contribution in [0.3, 0.4) is 0 Å². The van der Waals surface area contributed by atoms with Crippen molar-refractivity contribution in [3.05, 3.63) is 90.3 Å². The lowest BCUT2D eigenvalue weighted by molar-refractivity contribution is -0.142. The first-order valence-electron chi connectivity index (χ1n) is 12.0. The zero-order valence-corrected chi connectivity index (χ0v) is 20.1. The van der Waals surface area contributed by atoms with Crippen LogP contribution in [0.25, 0.3) is 11.1 Å². The third-order valence-corrected chi connectivity index (χ3v) is 7.09. The van der Waals surface area contributed by atoms with Gasteiger partial charge in [0.15, 0.2) is 0 Å². The van der Waals surface area contributed by atoms with Gasteiger partial charge in [0.25, 0.3) is 0 Å². The van der Waals surface area contributed by atoms with E-state index in [1.54, 1.807) is 11.1 Å². The maximum absolute atomic E-state index is 13.5. The van der Waals surface area contributed by atoms with Crippen molar-refractivity contribution in [1.29, 1.82) is 0 Å². The van der Waals surface area contributed by atoms with Crippen molar-refractivity contribution < 1.29 is 4.79 Å². The van der Waals surface area contributed by atoms with Gasteiger partial charge in [0.2, 0.25) is 5.91 Å². The fraction of sp³-hybridized carbons (Fsp3) is 0.379. The van der Waals surface area contributed by atoms with Crippen molar-refractivity contribution >= 4 is 5.91 Å². The minimum atomic E-state index is -0.367. The number of nitrogens with zero attached hydrogens (tertiary/aromatic N) is 3. The van der Waals surface area contributed by atoms with Gasteiger partial charge in [-0.1, -0.05) is 67.6 Å². The Hall–Kier alpha value is -2.98. The minimum Gasteiger partial charge on any atom is -0.348 e. The lowest BCUT2D eigenvalue weighted by Crippen LogP contribution is -2.50. The third kappa shape index (κ3) is 5.33. The number of piperidine rings is 1. The largest absolute Gasteiger partial charge is 0.348 e. The fourth-order valence-electron chi connectivity index (χ4n) is 5.22. The van der Waals surface area contributed by atoms with Crippen molar-refractivity contribution in [3.63, 3.8) is 0 Å². The van der Waals surface area contributed by atoms with Gasteiger partial charge in [-0.05, 0) is 61.0 Å². The van der Waals surface area contributed by atoms with E-state index in [4.69, 9.17) is 0 Å². The zero-order chi connectivity index (χ0) is 23.3. The first-order chi connectivity index (χ1) is 16.0. The molecule has 1 saturated heterocycles. The highest BCUT2D eigenvalue weighted by molar-refractivity contribution is 5.83. The maximum atomic E-state index is 13.5. The van der Waals surface area contributed by atoms with Crippen LogP contribution in [-0.4, -0.2) is 54.4 Å². The molecule has 0 aliphatic carbocycles. The number of hydrogen-bond donors (Lipinski definition) is 0. The summed E-state index contributed by atoms with van der Waals surface area (Å²) < 4.78 is 0. The lowest BCUT2D eigenvalue weighted by Gasteiger charge is -2.43. The van der Waals surface area contributed by atoms with Crippen molar-refractivity contribution in [1.82, 2.24) is 14.8 Å². The predicted octanol–water partition coefficient (Wildman–Crippen LogP) is 5.27. The molecule has 33 heavy (non-hydrogen) atoms. The van der Waals surface area contributed by atoms with E-state index in [1.807, 2.05) is 26.4 Å². The second-order valence-corrected chi connectivity index (χ2v) is 9.67. The van der Waals surface area contributed by atoms with Crippen LogP contribution in [0.15, 0.2) is 79.1 Å². The van der Waals surface area contributed by atoms with Crippen LogP contribution in [0, 0.1) is 5.41 Å². The van der Waals surface area contributed by atoms with Gasteiger partial charge in [0, 0.05) is 38.6 Å². The van der Waals surface area contributed by atoms with Crippen molar-refractivity contribution in [3.8, 4) is 11.1 Å². The van der Waals surface area contributed by atoms with E-state index in [0.717, 1.165) is 44.5 Å². The highest BCUT2D eigenvalue weighted by Gasteiger charge is 2.42. The molecule has 4 heteroatoms. The molecule has 0 spiro atoms. The van der Waals surface area contributed by atoms with Gasteiger partial charge >= 0.3 is 0 Å². The fourth-order valence-corrected chi connectivity index (χ4v) is 5.22. The quantitative estimate of drug-likeness (QED) is 0.501. The molecule has 1 fully saturated rings. The highest BCUT2D eigenvalue weighted by atomic mass is 16.2. The van der Waals surface area contributed by atoms with Gasteiger partial charge in [-0.25, -0.2) is 0 Å². The van der Waals surface area contributed by atoms with Crippen molar-refractivity contribution in [2.24, 2.45) is 5.41 Å². The molecule has 1 atom stereocenters. The molecule has 0 radical (unpaired) electrons. The van der Waals surface area contributed by atoms with Crippen LogP contribution in [0.1, 0.15) is 36.8 Å². The summed E-state index contributed by atoms with van der Waals surface area (Å²) in [4.78, 5) is 22.1. The average Bonchev–Trinajstić information content (AvgIpc) is 2.86. The van der Waals surface area contributed by atoms with Crippen LogP contribution >= 0.6 is 0 Å². The number of benzene rings is 2. The number of likely N-dealkylation sites (tertiary alicyclic amines) is 1. The summed E-state index contributed by atoms with van der Waals surface area (Å²) in [7, 11) is 3.78. The monoisotopic (exact) mass is 441 g/mol. The Morgan fingerprint density at radius 1 is 1.00 bits per heavy atom. The Labute approximate surface area is 198 Å². The highest BCUT2D eigenvalue weighted by Crippen LogP contribution is 2.39. The SMILES string of the molecule is C[C@@H](CN1CCC(Cc2ccccc2-c2cccnc2)(C(=O)N(C)C)CC1)c1ccccc1. The second-order valence-electron chi connectivity index (χ2n) is 9.67. The number of aromatic nitrogens is 1. The zero-order valence-electron chi connectivity index (χ0n) is 20.1. The summed E-state index contributed by atoms with van der Waals surface area (Å²) in [6.07, 6.45) is 6.24. The second kappa shape index (κ2) is 10.3. The Kier molecular flexibility index (Phi) is 7.24. The van der Waals surface area contributed by atoms with Crippen LogP contribution in [-0.2, 0) is 11.2 Å². The van der Waals surface area contributed by atoms with Gasteiger partial charge in [-0.3, -0.25) is 9.78 Å². The van der Waals surface area contributed by atoms with E-state index < -0.39 is 0 Å². The van der Waals surface area contributed by atoms with E-state index in [9.17, 15) is 4.79 Å². The normalized spacial score (nSPS) is 16.8. The van der Waals surface area contributed by atoms with E-state index in [0.29, 0.717) is 5.92 Å². The molecule has 0 N–H and O–H groups in total. The van der Waals surface area contributed by atoms with Crippen molar-refractivity contribution in [2.45, 2.75) is 32.1 Å². The summed E-state index contributed by atoms with van der Waals surface area (Å²) in [6.45, 7) is 5.23. The molecule has 0 bridgehead atoms. The van der Waals surface area contributed by atoms with E-state index in [-0.39, 0.29) is 11.3 Å². The van der Waals surface area contributed by atoms with Crippen molar-refractivity contribution in [2.75, 3.05) is 33.7 Å².